The van der Waals surface area contributed by atoms with Crippen LogP contribution in [-0.2, 0) is 16.6 Å². The summed E-state index contributed by atoms with van der Waals surface area (Å²) in [7, 11) is 0. The normalized spacial score (nSPS) is 11.5. The van der Waals surface area contributed by atoms with Crippen LogP contribution in [0.4, 0.5) is 11.4 Å². The van der Waals surface area contributed by atoms with Crippen LogP contribution in [0.2, 0.25) is 5.02 Å². The van der Waals surface area contributed by atoms with Gasteiger partial charge in [-0.2, -0.15) is 0 Å². The second-order valence-corrected chi connectivity index (χ2v) is 6.97. The number of nitrogens with zero attached hydrogens (tertiary/aromatic N) is 1. The number of hydrogen-bond donors (Lipinski definition) is 2. The summed E-state index contributed by atoms with van der Waals surface area (Å²) in [6.45, 7) is 8.02. The number of aryl methyl sites for hydroxylation is 2. The van der Waals surface area contributed by atoms with Gasteiger partial charge in [-0.25, -0.2) is 4.98 Å². The SMILES string of the molecule is Cc1nc(C(C)(C)C)oc1CCC(=O)Nc1ccc(N)c(Cl)c1. The van der Waals surface area contributed by atoms with Crippen molar-refractivity contribution >= 4 is 28.9 Å². The maximum Gasteiger partial charge on any atom is 0.224 e. The fourth-order valence-electron chi connectivity index (χ4n) is 2.04. The first-order chi connectivity index (χ1) is 10.7. The Labute approximate surface area is 141 Å². The molecular weight excluding hydrogens is 314 g/mol. The summed E-state index contributed by atoms with van der Waals surface area (Å²) in [5, 5.41) is 3.22. The molecule has 0 bridgehead atoms. The molecule has 0 saturated heterocycles. The number of aromatic nitrogens is 1. The van der Waals surface area contributed by atoms with Crippen molar-refractivity contribution in [1.29, 1.82) is 0 Å². The Morgan fingerprint density at radius 3 is 2.65 bits per heavy atom. The number of nitrogen functional groups attached to an aromatic ring is 1. The van der Waals surface area contributed by atoms with Gasteiger partial charge in [-0.05, 0) is 25.1 Å². The zero-order valence-corrected chi connectivity index (χ0v) is 14.6. The van der Waals surface area contributed by atoms with Gasteiger partial charge in [-0.3, -0.25) is 4.79 Å². The van der Waals surface area contributed by atoms with E-state index in [0.717, 1.165) is 11.5 Å². The first kappa shape index (κ1) is 17.3. The lowest BCUT2D eigenvalue weighted by molar-refractivity contribution is -0.116. The molecule has 2 rings (SSSR count). The zero-order chi connectivity index (χ0) is 17.2. The molecular formula is C17H22ClN3O2. The summed E-state index contributed by atoms with van der Waals surface area (Å²) in [5.41, 5.74) is 7.44. The van der Waals surface area contributed by atoms with Gasteiger partial charge >= 0.3 is 0 Å². The van der Waals surface area contributed by atoms with E-state index in [0.29, 0.717) is 35.1 Å². The Bertz CT molecular complexity index is 717. The van der Waals surface area contributed by atoms with Gasteiger partial charge in [0.15, 0.2) is 5.89 Å². The lowest BCUT2D eigenvalue weighted by Gasteiger charge is -2.12. The van der Waals surface area contributed by atoms with Gasteiger partial charge in [0.1, 0.15) is 5.76 Å². The van der Waals surface area contributed by atoms with Crippen molar-refractivity contribution in [3.63, 3.8) is 0 Å². The van der Waals surface area contributed by atoms with Crippen molar-refractivity contribution in [2.24, 2.45) is 0 Å². The van der Waals surface area contributed by atoms with E-state index >= 15 is 0 Å². The number of rotatable bonds is 4. The molecule has 0 radical (unpaired) electrons. The van der Waals surface area contributed by atoms with Crippen molar-refractivity contribution in [2.45, 2.75) is 46.0 Å². The Morgan fingerprint density at radius 2 is 2.09 bits per heavy atom. The maximum absolute atomic E-state index is 12.0. The van der Waals surface area contributed by atoms with Gasteiger partial charge in [-0.1, -0.05) is 32.4 Å². The number of carbonyl (C=O) groups is 1. The van der Waals surface area contributed by atoms with E-state index in [2.05, 4.69) is 10.3 Å². The Kier molecular flexibility index (Phi) is 5.00. The molecule has 2 aromatic rings. The van der Waals surface area contributed by atoms with Crippen LogP contribution in [0.5, 0.6) is 0 Å². The molecule has 6 heteroatoms. The molecule has 1 amide bonds. The highest BCUT2D eigenvalue weighted by Crippen LogP contribution is 2.25. The maximum atomic E-state index is 12.0. The lowest BCUT2D eigenvalue weighted by Crippen LogP contribution is -2.12. The highest BCUT2D eigenvalue weighted by Gasteiger charge is 2.22. The van der Waals surface area contributed by atoms with Gasteiger partial charge in [0.25, 0.3) is 0 Å². The molecule has 0 aliphatic rings. The fourth-order valence-corrected chi connectivity index (χ4v) is 2.22. The fraction of sp³-hybridized carbons (Fsp3) is 0.412. The van der Waals surface area contributed by atoms with Crippen molar-refractivity contribution in [2.75, 3.05) is 11.1 Å². The number of hydrogen-bond acceptors (Lipinski definition) is 4. The minimum Gasteiger partial charge on any atom is -0.445 e. The van der Waals surface area contributed by atoms with Gasteiger partial charge in [0.05, 0.1) is 16.4 Å². The molecule has 1 aromatic heterocycles. The van der Waals surface area contributed by atoms with E-state index < -0.39 is 0 Å². The first-order valence-corrected chi connectivity index (χ1v) is 7.86. The minimum absolute atomic E-state index is 0.112. The molecule has 0 saturated carbocycles. The summed E-state index contributed by atoms with van der Waals surface area (Å²) >= 11 is 5.94. The van der Waals surface area contributed by atoms with Gasteiger partial charge in [-0.15, -0.1) is 0 Å². The van der Waals surface area contributed by atoms with Crippen LogP contribution in [0.15, 0.2) is 22.6 Å². The quantitative estimate of drug-likeness (QED) is 0.824. The highest BCUT2D eigenvalue weighted by molar-refractivity contribution is 6.33. The molecule has 3 N–H and O–H groups in total. The second-order valence-electron chi connectivity index (χ2n) is 6.56. The molecule has 124 valence electrons. The Hall–Kier alpha value is -2.01. The monoisotopic (exact) mass is 335 g/mol. The van der Waals surface area contributed by atoms with E-state index in [1.165, 1.54) is 0 Å². The second kappa shape index (κ2) is 6.62. The number of carbonyl (C=O) groups excluding carboxylic acids is 1. The van der Waals surface area contributed by atoms with Crippen LogP contribution in [-0.4, -0.2) is 10.9 Å². The van der Waals surface area contributed by atoms with Crippen LogP contribution < -0.4 is 11.1 Å². The number of benzene rings is 1. The molecule has 0 fully saturated rings. The molecule has 0 spiro atoms. The van der Waals surface area contributed by atoms with Crippen LogP contribution >= 0.6 is 11.6 Å². The third-order valence-corrected chi connectivity index (χ3v) is 3.72. The van der Waals surface area contributed by atoms with E-state index in [4.69, 9.17) is 21.8 Å². The third-order valence-electron chi connectivity index (χ3n) is 3.40. The summed E-state index contributed by atoms with van der Waals surface area (Å²) in [4.78, 5) is 16.5. The number of amides is 1. The highest BCUT2D eigenvalue weighted by atomic mass is 35.5. The lowest BCUT2D eigenvalue weighted by atomic mass is 9.97. The van der Waals surface area contributed by atoms with Crippen LogP contribution in [0.25, 0.3) is 0 Å². The summed E-state index contributed by atoms with van der Waals surface area (Å²) in [5.74, 6) is 1.33. The molecule has 23 heavy (non-hydrogen) atoms. The Balaban J connectivity index is 1.96. The van der Waals surface area contributed by atoms with E-state index in [1.54, 1.807) is 18.2 Å². The summed E-state index contributed by atoms with van der Waals surface area (Å²) < 4.78 is 5.79. The number of halogens is 1. The molecule has 0 atom stereocenters. The summed E-state index contributed by atoms with van der Waals surface area (Å²) in [6.07, 6.45) is 0.811. The smallest absolute Gasteiger partial charge is 0.224 e. The van der Waals surface area contributed by atoms with Crippen LogP contribution in [0.1, 0.15) is 44.5 Å². The predicted molar refractivity (Wildman–Crippen MR) is 92.8 cm³/mol. The molecule has 5 nitrogen and oxygen atoms in total. The molecule has 1 heterocycles. The minimum atomic E-state index is -0.147. The third kappa shape index (κ3) is 4.48. The molecule has 0 aliphatic carbocycles. The summed E-state index contributed by atoms with van der Waals surface area (Å²) in [6, 6.07) is 5.01. The van der Waals surface area contributed by atoms with Gasteiger partial charge in [0.2, 0.25) is 5.91 Å². The number of nitrogens with two attached hydrogens (primary N) is 1. The van der Waals surface area contributed by atoms with Gasteiger partial charge < -0.3 is 15.5 Å². The van der Waals surface area contributed by atoms with Crippen molar-refractivity contribution in [3.8, 4) is 0 Å². The topological polar surface area (TPSA) is 81.2 Å². The van der Waals surface area contributed by atoms with Crippen LogP contribution in [0, 0.1) is 6.92 Å². The number of nitrogens with one attached hydrogen (secondary N) is 1. The van der Waals surface area contributed by atoms with E-state index in [9.17, 15) is 4.79 Å². The standard InChI is InChI=1S/C17H22ClN3O2/c1-10-14(23-16(20-10)17(2,3)4)7-8-15(22)21-11-5-6-13(19)12(18)9-11/h5-6,9H,7-8,19H2,1-4H3,(H,21,22). The molecule has 0 aliphatic heterocycles. The number of oxazole rings is 1. The van der Waals surface area contributed by atoms with E-state index in [1.807, 2.05) is 27.7 Å². The van der Waals surface area contributed by atoms with Crippen molar-refractivity contribution in [1.82, 2.24) is 4.98 Å². The zero-order valence-electron chi connectivity index (χ0n) is 13.9. The van der Waals surface area contributed by atoms with Crippen molar-refractivity contribution in [3.05, 3.63) is 40.6 Å². The average molecular weight is 336 g/mol. The molecule has 1 aromatic carbocycles. The van der Waals surface area contributed by atoms with Gasteiger partial charge in [0, 0.05) is 23.9 Å². The van der Waals surface area contributed by atoms with Crippen LogP contribution in [0.3, 0.4) is 0 Å². The molecule has 0 unspecified atom stereocenters. The Morgan fingerprint density at radius 1 is 1.39 bits per heavy atom. The van der Waals surface area contributed by atoms with Crippen molar-refractivity contribution < 1.29 is 9.21 Å². The van der Waals surface area contributed by atoms with E-state index in [-0.39, 0.29) is 11.3 Å². The predicted octanol–water partition coefficient (Wildman–Crippen LogP) is 4.09. The average Bonchev–Trinajstić information content (AvgIpc) is 2.82. The largest absolute Gasteiger partial charge is 0.445 e. The number of anilines is 2. The first-order valence-electron chi connectivity index (χ1n) is 7.48.